The molecule has 0 aliphatic heterocycles. The molecule has 10 nitrogen and oxygen atoms in total. The Bertz CT molecular complexity index is 1480. The lowest BCUT2D eigenvalue weighted by Gasteiger charge is -2.19. The number of aryl methyl sites for hydroxylation is 1. The summed E-state index contributed by atoms with van der Waals surface area (Å²) in [5.41, 5.74) is 4.24. The van der Waals surface area contributed by atoms with Gasteiger partial charge in [0.05, 0.1) is 44.9 Å². The van der Waals surface area contributed by atoms with Crippen LogP contribution in [0.5, 0.6) is 17.2 Å². The number of pyridine rings is 1. The van der Waals surface area contributed by atoms with Crippen LogP contribution in [0.25, 0.3) is 11.1 Å². The Morgan fingerprint density at radius 3 is 2.50 bits per heavy atom. The van der Waals surface area contributed by atoms with Crippen LogP contribution >= 0.6 is 0 Å². The summed E-state index contributed by atoms with van der Waals surface area (Å²) in [5, 5.41) is 9.12. The second kappa shape index (κ2) is 14.3. The van der Waals surface area contributed by atoms with Crippen LogP contribution in [-0.4, -0.2) is 44.7 Å². The molecule has 0 saturated heterocycles. The van der Waals surface area contributed by atoms with Crippen LogP contribution in [0, 0.1) is 0 Å². The average molecular weight is 575 g/mol. The molecule has 0 radical (unpaired) electrons. The summed E-state index contributed by atoms with van der Waals surface area (Å²) >= 11 is 0. The predicted molar refractivity (Wildman–Crippen MR) is 163 cm³/mol. The molecule has 10 heteroatoms. The van der Waals surface area contributed by atoms with E-state index in [-0.39, 0.29) is 23.3 Å². The van der Waals surface area contributed by atoms with Crippen LogP contribution in [0.1, 0.15) is 56.2 Å². The van der Waals surface area contributed by atoms with Crippen molar-refractivity contribution in [1.82, 2.24) is 10.3 Å². The maximum Gasteiger partial charge on any atom is 0.224 e. The number of amides is 2. The van der Waals surface area contributed by atoms with Crippen molar-refractivity contribution in [3.63, 3.8) is 0 Å². The van der Waals surface area contributed by atoms with E-state index in [0.29, 0.717) is 60.0 Å². The zero-order chi connectivity index (χ0) is 30.1. The highest BCUT2D eigenvalue weighted by molar-refractivity contribution is 5.90. The van der Waals surface area contributed by atoms with Gasteiger partial charge in [-0.2, -0.15) is 0 Å². The summed E-state index contributed by atoms with van der Waals surface area (Å²) in [6.45, 7) is 2.05. The van der Waals surface area contributed by atoms with Gasteiger partial charge in [0.1, 0.15) is 0 Å². The minimum absolute atomic E-state index is 0.0481. The maximum absolute atomic E-state index is 13.4. The van der Waals surface area contributed by atoms with Gasteiger partial charge in [-0.05, 0) is 72.7 Å². The highest BCUT2D eigenvalue weighted by Gasteiger charge is 2.29. The fraction of sp³-hybridized carbons (Fsp3) is 0.375. The standard InChI is InChI=1S/C32H38N4O6/c1-20(37)35-25-13-11-21-17-28(40-2)31(41-3)32(42-4)30(21)23-12-14-26(27(38)18-24(23)25)34-16-7-5-6-10-29(39)36-22-9-8-15-33-19-22/h8-9,12,14-15,17-19,25H,5-7,10-11,13,16H2,1-4H3,(H,34,38)(H,35,37)(H,36,39)/t25-/m0/s1. The molecular weight excluding hydrogens is 536 g/mol. The highest BCUT2D eigenvalue weighted by Crippen LogP contribution is 2.50. The third-order valence-corrected chi connectivity index (χ3v) is 7.26. The van der Waals surface area contributed by atoms with E-state index < -0.39 is 0 Å². The van der Waals surface area contributed by atoms with E-state index in [2.05, 4.69) is 20.9 Å². The second-order valence-corrected chi connectivity index (χ2v) is 10.1. The molecule has 0 spiro atoms. The number of nitrogens with zero attached hydrogens (tertiary/aromatic N) is 1. The van der Waals surface area contributed by atoms with Gasteiger partial charge in [0.2, 0.25) is 23.0 Å². The third-order valence-electron chi connectivity index (χ3n) is 7.26. The number of aromatic nitrogens is 1. The SMILES string of the molecule is COc1cc2c(c(OC)c1OC)-c1ccc(NCCCCCC(=O)Nc3cccnc3)c(=O)cc1[C@@H](NC(C)=O)CC2. The number of anilines is 2. The molecule has 1 heterocycles. The molecule has 1 atom stereocenters. The lowest BCUT2D eigenvalue weighted by Crippen LogP contribution is -2.26. The van der Waals surface area contributed by atoms with Crippen molar-refractivity contribution in [3.05, 3.63) is 70.1 Å². The number of hydrogen-bond acceptors (Lipinski definition) is 8. The van der Waals surface area contributed by atoms with Gasteiger partial charge in [0.15, 0.2) is 11.5 Å². The molecule has 1 aliphatic rings. The topological polar surface area (TPSA) is 128 Å². The van der Waals surface area contributed by atoms with Gasteiger partial charge in [-0.25, -0.2) is 0 Å². The van der Waals surface area contributed by atoms with Gasteiger partial charge in [0, 0.05) is 31.6 Å². The molecule has 2 aromatic carbocycles. The molecule has 3 aromatic rings. The minimum atomic E-state index is -0.364. The van der Waals surface area contributed by atoms with Gasteiger partial charge in [-0.3, -0.25) is 19.4 Å². The van der Waals surface area contributed by atoms with E-state index in [0.717, 1.165) is 36.0 Å². The number of carbonyl (C=O) groups excluding carboxylic acids is 2. The number of benzene rings is 1. The molecule has 0 fully saturated rings. The molecule has 0 unspecified atom stereocenters. The van der Waals surface area contributed by atoms with Crippen molar-refractivity contribution in [2.24, 2.45) is 0 Å². The first-order valence-corrected chi connectivity index (χ1v) is 14.1. The summed E-state index contributed by atoms with van der Waals surface area (Å²) < 4.78 is 17.1. The number of hydrogen-bond donors (Lipinski definition) is 3. The van der Waals surface area contributed by atoms with E-state index in [1.54, 1.807) is 58.0 Å². The first-order valence-electron chi connectivity index (χ1n) is 14.1. The number of unbranched alkanes of at least 4 members (excludes halogenated alkanes) is 2. The first kappa shape index (κ1) is 30.4. The molecule has 4 rings (SSSR count). The van der Waals surface area contributed by atoms with E-state index in [9.17, 15) is 14.4 Å². The Morgan fingerprint density at radius 2 is 1.81 bits per heavy atom. The summed E-state index contributed by atoms with van der Waals surface area (Å²) in [4.78, 5) is 41.7. The minimum Gasteiger partial charge on any atom is -0.493 e. The van der Waals surface area contributed by atoms with Gasteiger partial charge in [0.25, 0.3) is 0 Å². The van der Waals surface area contributed by atoms with Crippen LogP contribution in [-0.2, 0) is 16.0 Å². The number of nitrogens with one attached hydrogen (secondary N) is 3. The second-order valence-electron chi connectivity index (χ2n) is 10.1. The van der Waals surface area contributed by atoms with Crippen LogP contribution in [0.3, 0.4) is 0 Å². The van der Waals surface area contributed by atoms with Crippen molar-refractivity contribution in [3.8, 4) is 28.4 Å². The maximum atomic E-state index is 13.4. The highest BCUT2D eigenvalue weighted by atomic mass is 16.5. The van der Waals surface area contributed by atoms with Crippen molar-refractivity contribution >= 4 is 23.2 Å². The molecular formula is C32H38N4O6. The summed E-state index contributed by atoms with van der Waals surface area (Å²) in [7, 11) is 4.71. The van der Waals surface area contributed by atoms with Crippen molar-refractivity contribution < 1.29 is 23.8 Å². The zero-order valence-electron chi connectivity index (χ0n) is 24.5. The molecule has 0 bridgehead atoms. The van der Waals surface area contributed by atoms with Crippen molar-refractivity contribution in [1.29, 1.82) is 0 Å². The molecule has 42 heavy (non-hydrogen) atoms. The van der Waals surface area contributed by atoms with Crippen LogP contribution in [0.4, 0.5) is 11.4 Å². The average Bonchev–Trinajstić information content (AvgIpc) is 3.22. The number of rotatable bonds is 12. The quantitative estimate of drug-likeness (QED) is 0.262. The van der Waals surface area contributed by atoms with Gasteiger partial charge >= 0.3 is 0 Å². The molecule has 2 amide bonds. The van der Waals surface area contributed by atoms with Crippen molar-refractivity contribution in [2.75, 3.05) is 38.5 Å². The van der Waals surface area contributed by atoms with E-state index >= 15 is 0 Å². The largest absolute Gasteiger partial charge is 0.493 e. The van der Waals surface area contributed by atoms with E-state index in [1.807, 2.05) is 12.1 Å². The zero-order valence-corrected chi connectivity index (χ0v) is 24.5. The lowest BCUT2D eigenvalue weighted by molar-refractivity contribution is -0.119. The number of carbonyl (C=O) groups is 2. The van der Waals surface area contributed by atoms with E-state index in [1.165, 1.54) is 6.92 Å². The van der Waals surface area contributed by atoms with Crippen LogP contribution in [0.15, 0.2) is 53.6 Å². The van der Waals surface area contributed by atoms with Crippen LogP contribution < -0.4 is 35.6 Å². The Hall–Kier alpha value is -4.60. The van der Waals surface area contributed by atoms with Gasteiger partial charge in [-0.1, -0.05) is 12.5 Å². The Kier molecular flexibility index (Phi) is 10.4. The predicted octanol–water partition coefficient (Wildman–Crippen LogP) is 4.87. The first-order chi connectivity index (χ1) is 20.4. The monoisotopic (exact) mass is 574 g/mol. The van der Waals surface area contributed by atoms with E-state index in [4.69, 9.17) is 14.2 Å². The summed E-state index contributed by atoms with van der Waals surface area (Å²) in [5.74, 6) is 1.30. The molecule has 0 saturated carbocycles. The lowest BCUT2D eigenvalue weighted by atomic mass is 9.95. The van der Waals surface area contributed by atoms with Crippen LogP contribution in [0.2, 0.25) is 0 Å². The third kappa shape index (κ3) is 7.18. The Labute approximate surface area is 245 Å². The molecule has 3 N–H and O–H groups in total. The fourth-order valence-electron chi connectivity index (χ4n) is 5.32. The molecule has 1 aromatic heterocycles. The summed E-state index contributed by atoms with van der Waals surface area (Å²) in [6, 6.07) is 10.4. The number of ether oxygens (including phenoxy) is 3. The number of methoxy groups -OCH3 is 3. The molecule has 1 aliphatic carbocycles. The Balaban J connectivity index is 1.53. The normalized spacial score (nSPS) is 13.6. The van der Waals surface area contributed by atoms with Gasteiger partial charge in [-0.15, -0.1) is 0 Å². The fourth-order valence-corrected chi connectivity index (χ4v) is 5.32. The molecule has 222 valence electrons. The van der Waals surface area contributed by atoms with Gasteiger partial charge < -0.3 is 30.2 Å². The number of fused-ring (bicyclic) bond motifs is 3. The smallest absolute Gasteiger partial charge is 0.224 e. The Morgan fingerprint density at radius 1 is 1.00 bits per heavy atom. The summed E-state index contributed by atoms with van der Waals surface area (Å²) in [6.07, 6.45) is 7.26. The van der Waals surface area contributed by atoms with Crippen molar-refractivity contribution in [2.45, 2.75) is 51.5 Å².